The second-order valence-corrected chi connectivity index (χ2v) is 19.4. The van der Waals surface area contributed by atoms with Crippen molar-refractivity contribution >= 4 is 32.9 Å². The Balaban J connectivity index is 0.917. The first-order valence-electron chi connectivity index (χ1n) is 20.7. The minimum Gasteiger partial charge on any atom is -0.143 e. The maximum atomic E-state index is 2.55. The molecule has 0 saturated heterocycles. The smallest absolute Gasteiger partial charge is 0.0349 e. The highest BCUT2D eigenvalue weighted by Gasteiger charge is 2.42. The summed E-state index contributed by atoms with van der Waals surface area (Å²) in [5, 5.41) is 7.68. The molecule has 9 aromatic rings. The normalized spacial score (nSPS) is 15.8. The maximum absolute atomic E-state index is 2.55. The molecule has 8 aromatic carbocycles. The van der Waals surface area contributed by atoms with E-state index in [1.807, 2.05) is 11.3 Å². The van der Waals surface area contributed by atoms with Crippen molar-refractivity contribution < 1.29 is 0 Å². The molecule has 0 aliphatic heterocycles. The fourth-order valence-corrected chi connectivity index (χ4v) is 12.1. The topological polar surface area (TPSA) is 0 Å². The van der Waals surface area contributed by atoms with Crippen LogP contribution in [0.1, 0.15) is 74.9 Å². The average molecular weight is 761 g/mol. The van der Waals surface area contributed by atoms with Gasteiger partial charge in [0, 0.05) is 21.1 Å². The Morgan fingerprint density at radius 3 is 1.72 bits per heavy atom. The van der Waals surface area contributed by atoms with Gasteiger partial charge in [0.05, 0.1) is 0 Å². The maximum Gasteiger partial charge on any atom is 0.0349 e. The Morgan fingerprint density at radius 1 is 0.328 bits per heavy atom. The van der Waals surface area contributed by atoms with Gasteiger partial charge in [-0.25, -0.2) is 0 Å². The van der Waals surface area contributed by atoms with Crippen LogP contribution in [0.5, 0.6) is 0 Å². The summed E-state index contributed by atoms with van der Waals surface area (Å²) >= 11 is 1.86. The van der Waals surface area contributed by atoms with Crippen LogP contribution in [0.4, 0.5) is 0 Å². The van der Waals surface area contributed by atoms with Gasteiger partial charge in [-0.2, -0.15) is 0 Å². The van der Waals surface area contributed by atoms with E-state index in [9.17, 15) is 0 Å². The van der Waals surface area contributed by atoms with E-state index in [-0.39, 0.29) is 16.2 Å². The zero-order valence-electron chi connectivity index (χ0n) is 33.9. The number of fused-ring (bicyclic) bond motifs is 13. The van der Waals surface area contributed by atoms with Crippen molar-refractivity contribution in [2.45, 2.75) is 57.8 Å². The monoisotopic (exact) mass is 760 g/mol. The van der Waals surface area contributed by atoms with E-state index in [2.05, 4.69) is 199 Å². The Bertz CT molecular complexity index is 3240. The fraction of sp³-hybridized carbons (Fsp3) is 0.158. The molecule has 3 aliphatic carbocycles. The molecule has 12 rings (SSSR count). The van der Waals surface area contributed by atoms with Crippen LogP contribution in [0, 0.1) is 0 Å². The summed E-state index contributed by atoms with van der Waals surface area (Å²) in [5.41, 5.74) is 23.1. The van der Waals surface area contributed by atoms with Gasteiger partial charge in [-0.1, -0.05) is 157 Å². The molecular formula is C57H44S. The van der Waals surface area contributed by atoms with Gasteiger partial charge in [0.1, 0.15) is 0 Å². The van der Waals surface area contributed by atoms with Gasteiger partial charge in [-0.3, -0.25) is 0 Å². The standard InChI is InChI=1S/C57H44S/c1-55(2)46-25-22-34-16-10-11-17-38(34)53(46)45-31-49-44(30-50(45)55)40-23-20-35(26-47(40)56(49,3)4)37-28-52(58-32-37)36-21-24-42-48(27-36)57(5,6)51-29-43(33-14-8-7-9-15-33)39-18-12-13-19-41(39)54(42)51/h7-32H,1-6H3. The van der Waals surface area contributed by atoms with Crippen LogP contribution in [0.2, 0.25) is 0 Å². The number of benzene rings is 8. The Labute approximate surface area is 345 Å². The van der Waals surface area contributed by atoms with Crippen molar-refractivity contribution in [3.05, 3.63) is 190 Å². The molecule has 3 aliphatic rings. The van der Waals surface area contributed by atoms with Crippen LogP contribution < -0.4 is 0 Å². The zero-order chi connectivity index (χ0) is 39.3. The molecule has 1 heterocycles. The third-order valence-electron chi connectivity index (χ3n) is 14.3. The van der Waals surface area contributed by atoms with Crippen LogP contribution in [0.15, 0.2) is 157 Å². The number of hydrogen-bond donors (Lipinski definition) is 0. The average Bonchev–Trinajstić information content (AvgIpc) is 3.95. The van der Waals surface area contributed by atoms with E-state index in [1.165, 1.54) is 121 Å². The highest BCUT2D eigenvalue weighted by Crippen LogP contribution is 2.58. The highest BCUT2D eigenvalue weighted by molar-refractivity contribution is 7.14. The van der Waals surface area contributed by atoms with Crippen molar-refractivity contribution in [2.24, 2.45) is 0 Å². The summed E-state index contributed by atoms with van der Waals surface area (Å²) in [6.07, 6.45) is 0. The molecule has 0 amide bonds. The van der Waals surface area contributed by atoms with E-state index >= 15 is 0 Å². The molecular weight excluding hydrogens is 717 g/mol. The number of rotatable bonds is 3. The molecule has 0 unspecified atom stereocenters. The number of hydrogen-bond acceptors (Lipinski definition) is 1. The van der Waals surface area contributed by atoms with Crippen molar-refractivity contribution in [2.75, 3.05) is 0 Å². The zero-order valence-corrected chi connectivity index (χ0v) is 34.7. The fourth-order valence-electron chi connectivity index (χ4n) is 11.1. The van der Waals surface area contributed by atoms with E-state index < -0.39 is 0 Å². The molecule has 1 aromatic heterocycles. The lowest BCUT2D eigenvalue weighted by molar-refractivity contribution is 0.652. The van der Waals surface area contributed by atoms with E-state index in [1.54, 1.807) is 0 Å². The second-order valence-electron chi connectivity index (χ2n) is 18.5. The molecule has 58 heavy (non-hydrogen) atoms. The van der Waals surface area contributed by atoms with Crippen LogP contribution in [0.25, 0.3) is 87.6 Å². The lowest BCUT2D eigenvalue weighted by atomic mass is 9.79. The van der Waals surface area contributed by atoms with E-state index in [4.69, 9.17) is 0 Å². The molecule has 0 spiro atoms. The molecule has 0 fully saturated rings. The first kappa shape index (κ1) is 34.1. The first-order chi connectivity index (χ1) is 28.0. The van der Waals surface area contributed by atoms with Crippen molar-refractivity contribution in [3.8, 4) is 66.1 Å². The minimum atomic E-state index is -0.126. The van der Waals surface area contributed by atoms with Crippen LogP contribution in [0.3, 0.4) is 0 Å². The van der Waals surface area contributed by atoms with Gasteiger partial charge < -0.3 is 0 Å². The molecule has 0 bridgehead atoms. The highest BCUT2D eigenvalue weighted by atomic mass is 32.1. The van der Waals surface area contributed by atoms with Gasteiger partial charge >= 0.3 is 0 Å². The molecule has 278 valence electrons. The number of thiophene rings is 1. The van der Waals surface area contributed by atoms with Crippen molar-refractivity contribution in [1.82, 2.24) is 0 Å². The quantitative estimate of drug-likeness (QED) is 0.168. The lowest BCUT2D eigenvalue weighted by Gasteiger charge is -2.24. The van der Waals surface area contributed by atoms with Crippen molar-refractivity contribution in [1.29, 1.82) is 0 Å². The summed E-state index contributed by atoms with van der Waals surface area (Å²) in [7, 11) is 0. The Hall–Kier alpha value is -6.02. The van der Waals surface area contributed by atoms with Crippen LogP contribution in [-0.4, -0.2) is 0 Å². The molecule has 0 N–H and O–H groups in total. The Kier molecular flexibility index (Phi) is 6.79. The minimum absolute atomic E-state index is 0.0574. The third kappa shape index (κ3) is 4.46. The predicted octanol–water partition coefficient (Wildman–Crippen LogP) is 16.0. The largest absolute Gasteiger partial charge is 0.143 e. The van der Waals surface area contributed by atoms with Gasteiger partial charge in [0.15, 0.2) is 0 Å². The molecule has 0 saturated carbocycles. The summed E-state index contributed by atoms with van der Waals surface area (Å²) in [5.74, 6) is 0. The van der Waals surface area contributed by atoms with Crippen molar-refractivity contribution in [3.63, 3.8) is 0 Å². The summed E-state index contributed by atoms with van der Waals surface area (Å²) in [6, 6.07) is 57.8. The van der Waals surface area contributed by atoms with E-state index in [0.717, 1.165) is 0 Å². The summed E-state index contributed by atoms with van der Waals surface area (Å²) in [6.45, 7) is 14.5. The van der Waals surface area contributed by atoms with Gasteiger partial charge in [-0.15, -0.1) is 11.3 Å². The predicted molar refractivity (Wildman–Crippen MR) is 248 cm³/mol. The first-order valence-corrected chi connectivity index (χ1v) is 21.6. The van der Waals surface area contributed by atoms with Gasteiger partial charge in [0.2, 0.25) is 0 Å². The van der Waals surface area contributed by atoms with Crippen LogP contribution >= 0.6 is 11.3 Å². The lowest BCUT2D eigenvalue weighted by Crippen LogP contribution is -2.17. The summed E-state index contributed by atoms with van der Waals surface area (Å²) in [4.78, 5) is 1.31. The Morgan fingerprint density at radius 2 is 0.897 bits per heavy atom. The van der Waals surface area contributed by atoms with Gasteiger partial charge in [-0.05, 0) is 158 Å². The molecule has 1 heteroatoms. The SMILES string of the molecule is CC1(C)c2cc(-c3csc(-c4ccc5c(c4)C(C)(C)c4cc(-c6ccccc6)c6ccccc6c4-5)c3)ccc2-c2cc3c(cc21)-c1c(ccc2ccccc12)C3(C)C. The molecule has 0 nitrogen and oxygen atoms in total. The third-order valence-corrected chi connectivity index (χ3v) is 15.3. The second kappa shape index (κ2) is 11.6. The van der Waals surface area contributed by atoms with Gasteiger partial charge in [0.25, 0.3) is 0 Å². The molecule has 0 radical (unpaired) electrons. The van der Waals surface area contributed by atoms with Crippen LogP contribution in [-0.2, 0) is 16.2 Å². The van der Waals surface area contributed by atoms with E-state index in [0.29, 0.717) is 0 Å². The molecule has 0 atom stereocenters. The summed E-state index contributed by atoms with van der Waals surface area (Å²) < 4.78 is 0.